The molecule has 0 amide bonds. The van der Waals surface area contributed by atoms with Gasteiger partial charge >= 0.3 is 0 Å². The lowest BCUT2D eigenvalue weighted by atomic mass is 9.92. The third-order valence-corrected chi connectivity index (χ3v) is 6.78. The summed E-state index contributed by atoms with van der Waals surface area (Å²) >= 11 is 0. The fraction of sp³-hybridized carbons (Fsp3) is 0.667. The van der Waals surface area contributed by atoms with Crippen molar-refractivity contribution in [3.8, 4) is 22.9 Å². The summed E-state index contributed by atoms with van der Waals surface area (Å²) in [6.45, 7) is 6.05. The lowest BCUT2D eigenvalue weighted by Gasteiger charge is -2.19. The summed E-state index contributed by atoms with van der Waals surface area (Å²) in [6, 6.07) is 8.34. The van der Waals surface area contributed by atoms with Crippen molar-refractivity contribution in [1.29, 1.82) is 0 Å². The Balaban J connectivity index is 1.41. The van der Waals surface area contributed by atoms with Gasteiger partial charge < -0.3 is 9.47 Å². The van der Waals surface area contributed by atoms with E-state index in [0.29, 0.717) is 0 Å². The molecule has 0 saturated heterocycles. The zero-order chi connectivity index (χ0) is 23.8. The van der Waals surface area contributed by atoms with Crippen LogP contribution in [0.15, 0.2) is 24.3 Å². The number of fused-ring (bicyclic) bond motifs is 3. The van der Waals surface area contributed by atoms with Crippen LogP contribution < -0.4 is 9.47 Å². The standard InChI is InChI=1S/C30H46N2O2/c1-3-5-7-9-11-13-15-23-33-29-21-17-25-26-18-22-30(32-28(26)20-19-27(25)31-29)34-24-16-14-12-10-8-6-4-2/h17-18,21-22H,3-16,19-20,23-24H2,1-2H3. The largest absolute Gasteiger partial charge is 0.478 e. The van der Waals surface area contributed by atoms with Crippen LogP contribution in [0.3, 0.4) is 0 Å². The van der Waals surface area contributed by atoms with Gasteiger partial charge in [0.25, 0.3) is 0 Å². The molecule has 1 aliphatic carbocycles. The Bertz CT molecular complexity index is 767. The van der Waals surface area contributed by atoms with Gasteiger partial charge in [-0.1, -0.05) is 90.9 Å². The normalized spacial score (nSPS) is 12.3. The summed E-state index contributed by atoms with van der Waals surface area (Å²) in [4.78, 5) is 9.62. The molecule has 0 saturated carbocycles. The van der Waals surface area contributed by atoms with Gasteiger partial charge in [0.15, 0.2) is 0 Å². The fourth-order valence-electron chi connectivity index (χ4n) is 4.70. The Morgan fingerprint density at radius 1 is 0.529 bits per heavy atom. The molecule has 0 bridgehead atoms. The number of unbranched alkanes of at least 4 members (excludes halogenated alkanes) is 12. The van der Waals surface area contributed by atoms with Gasteiger partial charge in [0.1, 0.15) is 0 Å². The van der Waals surface area contributed by atoms with E-state index in [2.05, 4.69) is 26.0 Å². The summed E-state index contributed by atoms with van der Waals surface area (Å²) in [5.74, 6) is 1.52. The molecule has 0 aliphatic heterocycles. The molecular formula is C30H46N2O2. The number of ether oxygens (including phenoxy) is 2. The molecule has 4 heteroatoms. The third-order valence-electron chi connectivity index (χ3n) is 6.78. The van der Waals surface area contributed by atoms with Gasteiger partial charge in [0.05, 0.1) is 24.6 Å². The van der Waals surface area contributed by atoms with Gasteiger partial charge in [-0.2, -0.15) is 0 Å². The van der Waals surface area contributed by atoms with Gasteiger partial charge in [-0.05, 0) is 37.8 Å². The van der Waals surface area contributed by atoms with Crippen LogP contribution in [0.25, 0.3) is 11.1 Å². The molecule has 0 unspecified atom stereocenters. The Morgan fingerprint density at radius 2 is 0.912 bits per heavy atom. The SMILES string of the molecule is CCCCCCCCCOc1ccc2c(n1)CCc1nc(OCCCCCCCCC)ccc1-2. The molecule has 2 aromatic rings. The molecule has 1 aliphatic rings. The van der Waals surface area contributed by atoms with Gasteiger partial charge in [0.2, 0.25) is 11.8 Å². The number of hydrogen-bond acceptors (Lipinski definition) is 4. The molecule has 0 radical (unpaired) electrons. The number of aromatic nitrogens is 2. The predicted molar refractivity (Wildman–Crippen MR) is 142 cm³/mol. The van der Waals surface area contributed by atoms with Crippen LogP contribution in [0.4, 0.5) is 0 Å². The average Bonchev–Trinajstić information content (AvgIpc) is 2.87. The molecule has 2 aromatic heterocycles. The average molecular weight is 467 g/mol. The summed E-state index contributed by atoms with van der Waals surface area (Å²) < 4.78 is 11.9. The van der Waals surface area contributed by atoms with E-state index in [0.717, 1.165) is 62.0 Å². The lowest BCUT2D eigenvalue weighted by Crippen LogP contribution is -2.10. The van der Waals surface area contributed by atoms with E-state index in [-0.39, 0.29) is 0 Å². The first-order valence-corrected chi connectivity index (χ1v) is 14.1. The molecule has 0 fully saturated rings. The van der Waals surface area contributed by atoms with E-state index >= 15 is 0 Å². The highest BCUT2D eigenvalue weighted by atomic mass is 16.5. The minimum Gasteiger partial charge on any atom is -0.478 e. The van der Waals surface area contributed by atoms with Crippen molar-refractivity contribution < 1.29 is 9.47 Å². The second-order valence-electron chi connectivity index (χ2n) is 9.73. The highest BCUT2D eigenvalue weighted by Gasteiger charge is 2.19. The fourth-order valence-corrected chi connectivity index (χ4v) is 4.70. The van der Waals surface area contributed by atoms with E-state index in [9.17, 15) is 0 Å². The molecule has 4 nitrogen and oxygen atoms in total. The van der Waals surface area contributed by atoms with E-state index < -0.39 is 0 Å². The van der Waals surface area contributed by atoms with Gasteiger partial charge in [-0.3, -0.25) is 0 Å². The van der Waals surface area contributed by atoms with E-state index in [1.807, 2.05) is 12.1 Å². The minimum atomic E-state index is 0.760. The highest BCUT2D eigenvalue weighted by Crippen LogP contribution is 2.34. The molecular weight excluding hydrogens is 420 g/mol. The van der Waals surface area contributed by atoms with Crippen molar-refractivity contribution in [2.75, 3.05) is 13.2 Å². The van der Waals surface area contributed by atoms with Crippen LogP contribution in [0.2, 0.25) is 0 Å². The van der Waals surface area contributed by atoms with Crippen LogP contribution >= 0.6 is 0 Å². The number of pyridine rings is 2. The van der Waals surface area contributed by atoms with Crippen LogP contribution in [0.1, 0.15) is 115 Å². The van der Waals surface area contributed by atoms with Crippen LogP contribution in [-0.2, 0) is 12.8 Å². The van der Waals surface area contributed by atoms with Crippen LogP contribution in [0, 0.1) is 0 Å². The maximum Gasteiger partial charge on any atom is 0.213 e. The zero-order valence-corrected chi connectivity index (χ0v) is 21.7. The van der Waals surface area contributed by atoms with Gasteiger partial charge in [-0.25, -0.2) is 9.97 Å². The Kier molecular flexibility index (Phi) is 12.3. The maximum absolute atomic E-state index is 5.95. The monoisotopic (exact) mass is 466 g/mol. The quantitative estimate of drug-likeness (QED) is 0.207. The molecule has 34 heavy (non-hydrogen) atoms. The zero-order valence-electron chi connectivity index (χ0n) is 21.7. The summed E-state index contributed by atoms with van der Waals surface area (Å²) in [5.41, 5.74) is 4.64. The van der Waals surface area contributed by atoms with Crippen molar-refractivity contribution in [3.05, 3.63) is 35.7 Å². The Labute approximate surface area is 207 Å². The first-order chi connectivity index (χ1) is 16.8. The van der Waals surface area contributed by atoms with E-state index in [1.54, 1.807) is 0 Å². The number of rotatable bonds is 18. The predicted octanol–water partition coefficient (Wildman–Crippen LogP) is 8.50. The third kappa shape index (κ3) is 8.92. The molecule has 0 aromatic carbocycles. The maximum atomic E-state index is 5.95. The van der Waals surface area contributed by atoms with Crippen molar-refractivity contribution in [3.63, 3.8) is 0 Å². The second-order valence-corrected chi connectivity index (χ2v) is 9.73. The van der Waals surface area contributed by atoms with Crippen molar-refractivity contribution in [2.45, 2.75) is 117 Å². The van der Waals surface area contributed by atoms with Crippen molar-refractivity contribution in [1.82, 2.24) is 9.97 Å². The van der Waals surface area contributed by atoms with Crippen molar-refractivity contribution >= 4 is 0 Å². The molecule has 3 rings (SSSR count). The van der Waals surface area contributed by atoms with Gasteiger partial charge in [-0.15, -0.1) is 0 Å². The smallest absolute Gasteiger partial charge is 0.213 e. The van der Waals surface area contributed by atoms with Crippen molar-refractivity contribution in [2.24, 2.45) is 0 Å². The Hall–Kier alpha value is -2.10. The minimum absolute atomic E-state index is 0.760. The molecule has 188 valence electrons. The number of hydrogen-bond donors (Lipinski definition) is 0. The second kappa shape index (κ2) is 15.7. The number of aryl methyl sites for hydroxylation is 2. The summed E-state index contributed by atoms with van der Waals surface area (Å²) in [6.07, 6.45) is 19.9. The topological polar surface area (TPSA) is 44.2 Å². The summed E-state index contributed by atoms with van der Waals surface area (Å²) in [7, 11) is 0. The lowest BCUT2D eigenvalue weighted by molar-refractivity contribution is 0.291. The first kappa shape index (κ1) is 26.5. The summed E-state index contributed by atoms with van der Waals surface area (Å²) in [5, 5.41) is 0. The molecule has 0 atom stereocenters. The highest BCUT2D eigenvalue weighted by molar-refractivity contribution is 5.71. The van der Waals surface area contributed by atoms with Crippen LogP contribution in [-0.4, -0.2) is 23.2 Å². The molecule has 0 N–H and O–H groups in total. The van der Waals surface area contributed by atoms with E-state index in [1.165, 1.54) is 88.2 Å². The van der Waals surface area contributed by atoms with E-state index in [4.69, 9.17) is 19.4 Å². The molecule has 2 heterocycles. The van der Waals surface area contributed by atoms with Crippen LogP contribution in [0.5, 0.6) is 11.8 Å². The molecule has 0 spiro atoms. The Morgan fingerprint density at radius 3 is 1.32 bits per heavy atom. The van der Waals surface area contributed by atoms with Gasteiger partial charge in [0, 0.05) is 23.3 Å². The number of nitrogens with zero attached hydrogens (tertiary/aromatic N) is 2. The first-order valence-electron chi connectivity index (χ1n) is 14.1.